The Labute approximate surface area is 185 Å². The number of hydrogen-bond acceptors (Lipinski definition) is 6. The van der Waals surface area contributed by atoms with Crippen LogP contribution in [0.15, 0.2) is 47.4 Å². The van der Waals surface area contributed by atoms with Crippen LogP contribution in [0.1, 0.15) is 25.7 Å². The maximum absolute atomic E-state index is 13.4. The number of amides is 1. The Morgan fingerprint density at radius 3 is 2.45 bits per heavy atom. The fourth-order valence-corrected chi connectivity index (χ4v) is 5.09. The second kappa shape index (κ2) is 9.52. The van der Waals surface area contributed by atoms with Crippen LogP contribution >= 0.6 is 11.6 Å². The highest BCUT2D eigenvalue weighted by molar-refractivity contribution is 7.92. The van der Waals surface area contributed by atoms with Gasteiger partial charge in [-0.1, -0.05) is 24.4 Å². The monoisotopic (exact) mass is 467 g/mol. The van der Waals surface area contributed by atoms with Crippen molar-refractivity contribution in [1.29, 1.82) is 0 Å². The van der Waals surface area contributed by atoms with Gasteiger partial charge in [-0.2, -0.15) is 0 Å². The molecule has 0 radical (unpaired) electrons. The standard InChI is InChI=1S/C20H22ClN3O6S/c1-30-16-8-6-15(7-9-16)23(13-20(25)22-14-4-2-3-5-14)31(28,29)17-10-11-18(21)19(12-17)24(26)27/h6-12,14H,2-5,13H2,1H3,(H,22,25). The Hall–Kier alpha value is -2.85. The van der Waals surface area contributed by atoms with Crippen LogP contribution in [-0.4, -0.2) is 38.9 Å². The molecule has 0 bridgehead atoms. The fourth-order valence-electron chi connectivity index (χ4n) is 3.46. The third-order valence-corrected chi connectivity index (χ3v) is 7.16. The minimum atomic E-state index is -4.31. The molecule has 1 fully saturated rings. The van der Waals surface area contributed by atoms with Crippen LogP contribution < -0.4 is 14.4 Å². The minimum Gasteiger partial charge on any atom is -0.497 e. The number of nitrogens with zero attached hydrogens (tertiary/aromatic N) is 2. The molecule has 0 heterocycles. The topological polar surface area (TPSA) is 119 Å². The number of benzene rings is 2. The van der Waals surface area contributed by atoms with Crippen LogP contribution in [0.4, 0.5) is 11.4 Å². The second-order valence-corrected chi connectivity index (χ2v) is 9.40. The number of hydrogen-bond donors (Lipinski definition) is 1. The van der Waals surface area contributed by atoms with Gasteiger partial charge in [0, 0.05) is 12.1 Å². The van der Waals surface area contributed by atoms with E-state index in [4.69, 9.17) is 16.3 Å². The number of halogens is 1. The first-order valence-corrected chi connectivity index (χ1v) is 11.4. The van der Waals surface area contributed by atoms with Gasteiger partial charge in [-0.15, -0.1) is 0 Å². The van der Waals surface area contributed by atoms with Crippen LogP contribution in [0.25, 0.3) is 0 Å². The van der Waals surface area contributed by atoms with E-state index in [9.17, 15) is 23.3 Å². The molecule has 3 rings (SSSR count). The van der Waals surface area contributed by atoms with E-state index in [1.165, 1.54) is 25.3 Å². The molecule has 2 aromatic carbocycles. The molecule has 0 spiro atoms. The number of sulfonamides is 1. The van der Waals surface area contributed by atoms with Crippen molar-refractivity contribution in [3.8, 4) is 5.75 Å². The van der Waals surface area contributed by atoms with Gasteiger partial charge in [0.1, 0.15) is 17.3 Å². The number of carbonyl (C=O) groups excluding carboxylic acids is 1. The molecule has 2 aromatic rings. The molecule has 9 nitrogen and oxygen atoms in total. The largest absolute Gasteiger partial charge is 0.497 e. The van der Waals surface area contributed by atoms with Gasteiger partial charge in [0.2, 0.25) is 5.91 Å². The number of ether oxygens (including phenoxy) is 1. The normalized spacial score (nSPS) is 14.3. The third kappa shape index (κ3) is 5.26. The predicted octanol–water partition coefficient (Wildman–Crippen LogP) is 3.51. The molecule has 31 heavy (non-hydrogen) atoms. The molecule has 1 aliphatic rings. The number of rotatable bonds is 8. The second-order valence-electron chi connectivity index (χ2n) is 7.13. The van der Waals surface area contributed by atoms with Crippen molar-refractivity contribution in [2.75, 3.05) is 18.0 Å². The van der Waals surface area contributed by atoms with Gasteiger partial charge in [-0.05, 0) is 49.2 Å². The van der Waals surface area contributed by atoms with Gasteiger partial charge in [-0.3, -0.25) is 19.2 Å². The Morgan fingerprint density at radius 1 is 1.23 bits per heavy atom. The van der Waals surface area contributed by atoms with Gasteiger partial charge < -0.3 is 10.1 Å². The highest BCUT2D eigenvalue weighted by Gasteiger charge is 2.30. The quantitative estimate of drug-likeness (QED) is 0.468. The van der Waals surface area contributed by atoms with Crippen LogP contribution in [0, 0.1) is 10.1 Å². The maximum atomic E-state index is 13.4. The van der Waals surface area contributed by atoms with E-state index >= 15 is 0 Å². The van der Waals surface area contributed by atoms with Crippen molar-refractivity contribution >= 4 is 38.9 Å². The smallest absolute Gasteiger partial charge is 0.289 e. The molecule has 0 saturated heterocycles. The summed E-state index contributed by atoms with van der Waals surface area (Å²) in [6, 6.07) is 9.38. The lowest BCUT2D eigenvalue weighted by Gasteiger charge is -2.25. The van der Waals surface area contributed by atoms with Gasteiger partial charge in [0.25, 0.3) is 15.7 Å². The number of nitrogens with one attached hydrogen (secondary N) is 1. The lowest BCUT2D eigenvalue weighted by atomic mass is 10.2. The molecular weight excluding hydrogens is 446 g/mol. The first kappa shape index (κ1) is 22.8. The molecule has 11 heteroatoms. The molecule has 1 N–H and O–H groups in total. The van der Waals surface area contributed by atoms with Crippen molar-refractivity contribution in [2.24, 2.45) is 0 Å². The molecule has 0 aliphatic heterocycles. The maximum Gasteiger partial charge on any atom is 0.289 e. The molecule has 0 atom stereocenters. The summed E-state index contributed by atoms with van der Waals surface area (Å²) in [5, 5.41) is 13.9. The van der Waals surface area contributed by atoms with E-state index in [1.54, 1.807) is 12.1 Å². The number of carbonyl (C=O) groups is 1. The highest BCUT2D eigenvalue weighted by Crippen LogP contribution is 2.31. The minimum absolute atomic E-state index is 0.0181. The summed E-state index contributed by atoms with van der Waals surface area (Å²) < 4.78 is 32.8. The Balaban J connectivity index is 1.98. The predicted molar refractivity (Wildman–Crippen MR) is 116 cm³/mol. The Bertz CT molecular complexity index is 1070. The van der Waals surface area contributed by atoms with E-state index in [0.29, 0.717) is 5.75 Å². The molecule has 1 saturated carbocycles. The Morgan fingerprint density at radius 2 is 1.87 bits per heavy atom. The molecular formula is C20H22ClN3O6S. The number of methoxy groups -OCH3 is 1. The molecule has 1 aliphatic carbocycles. The fraction of sp³-hybridized carbons (Fsp3) is 0.350. The van der Waals surface area contributed by atoms with E-state index in [-0.39, 0.29) is 21.6 Å². The SMILES string of the molecule is COc1ccc(N(CC(=O)NC2CCCC2)S(=O)(=O)c2ccc(Cl)c([N+](=O)[O-])c2)cc1. The first-order valence-electron chi connectivity index (χ1n) is 9.62. The average molecular weight is 468 g/mol. The summed E-state index contributed by atoms with van der Waals surface area (Å²) in [4.78, 5) is 22.8. The van der Waals surface area contributed by atoms with E-state index in [0.717, 1.165) is 42.1 Å². The highest BCUT2D eigenvalue weighted by atomic mass is 35.5. The van der Waals surface area contributed by atoms with Crippen molar-refractivity contribution in [2.45, 2.75) is 36.6 Å². The van der Waals surface area contributed by atoms with Gasteiger partial charge >= 0.3 is 0 Å². The van der Waals surface area contributed by atoms with Crippen molar-refractivity contribution in [3.05, 3.63) is 57.6 Å². The van der Waals surface area contributed by atoms with Crippen LogP contribution in [0.2, 0.25) is 5.02 Å². The zero-order valence-corrected chi connectivity index (χ0v) is 18.4. The number of anilines is 1. The van der Waals surface area contributed by atoms with Crippen molar-refractivity contribution in [1.82, 2.24) is 5.32 Å². The van der Waals surface area contributed by atoms with E-state index in [2.05, 4.69) is 5.32 Å². The summed E-state index contributed by atoms with van der Waals surface area (Å²) in [6.07, 6.45) is 3.73. The molecule has 0 aromatic heterocycles. The first-order chi connectivity index (χ1) is 14.7. The number of nitro groups is 1. The molecule has 1 amide bonds. The summed E-state index contributed by atoms with van der Waals surface area (Å²) >= 11 is 5.82. The molecule has 0 unspecified atom stereocenters. The summed E-state index contributed by atoms with van der Waals surface area (Å²) in [5.74, 6) is 0.0633. The van der Waals surface area contributed by atoms with Gasteiger partial charge in [0.05, 0.1) is 22.6 Å². The lowest BCUT2D eigenvalue weighted by molar-refractivity contribution is -0.384. The van der Waals surface area contributed by atoms with E-state index < -0.39 is 33.1 Å². The zero-order valence-electron chi connectivity index (χ0n) is 16.8. The van der Waals surface area contributed by atoms with Crippen LogP contribution in [0.5, 0.6) is 5.75 Å². The van der Waals surface area contributed by atoms with Crippen molar-refractivity contribution in [3.63, 3.8) is 0 Å². The number of nitro benzene ring substituents is 1. The van der Waals surface area contributed by atoms with Crippen LogP contribution in [-0.2, 0) is 14.8 Å². The van der Waals surface area contributed by atoms with E-state index in [1.807, 2.05) is 0 Å². The summed E-state index contributed by atoms with van der Waals surface area (Å²) in [5.41, 5.74) is -0.312. The van der Waals surface area contributed by atoms with Crippen molar-refractivity contribution < 1.29 is 22.9 Å². The third-order valence-electron chi connectivity index (χ3n) is 5.07. The van der Waals surface area contributed by atoms with Gasteiger partial charge in [0.15, 0.2) is 0 Å². The Kier molecular flexibility index (Phi) is 7.01. The van der Waals surface area contributed by atoms with Crippen LogP contribution in [0.3, 0.4) is 0 Å². The summed E-state index contributed by atoms with van der Waals surface area (Å²) in [6.45, 7) is -0.471. The average Bonchev–Trinajstić information content (AvgIpc) is 3.25. The van der Waals surface area contributed by atoms with Gasteiger partial charge in [-0.25, -0.2) is 8.42 Å². The zero-order chi connectivity index (χ0) is 22.6. The lowest BCUT2D eigenvalue weighted by Crippen LogP contribution is -2.43. The molecule has 166 valence electrons. The summed E-state index contributed by atoms with van der Waals surface area (Å²) in [7, 11) is -2.83.